The van der Waals surface area contributed by atoms with Gasteiger partial charge in [0.05, 0.1) is 12.0 Å². The minimum atomic E-state index is -1.06. The van der Waals surface area contributed by atoms with Gasteiger partial charge in [0.2, 0.25) is 0 Å². The van der Waals surface area contributed by atoms with Crippen molar-refractivity contribution in [2.45, 2.75) is 6.42 Å². The Kier molecular flexibility index (Phi) is 4.00. The molecule has 17 heavy (non-hydrogen) atoms. The maximum absolute atomic E-state index is 10.7. The van der Waals surface area contributed by atoms with Gasteiger partial charge in [-0.2, -0.15) is 0 Å². The van der Waals surface area contributed by atoms with E-state index in [9.17, 15) is 14.9 Å². The van der Waals surface area contributed by atoms with Crippen LogP contribution in [0.5, 0.6) is 5.88 Å². The van der Waals surface area contributed by atoms with Crippen LogP contribution in [-0.4, -0.2) is 28.1 Å². The highest BCUT2D eigenvalue weighted by Gasteiger charge is 2.16. The van der Waals surface area contributed by atoms with Gasteiger partial charge in [-0.05, 0) is 0 Å². The highest BCUT2D eigenvalue weighted by molar-refractivity contribution is 5.70. The Balaban J connectivity index is 3.03. The van der Waals surface area contributed by atoms with Crippen molar-refractivity contribution in [2.75, 3.05) is 7.11 Å². The van der Waals surface area contributed by atoms with Crippen LogP contribution >= 0.6 is 0 Å². The number of aliphatic carboxylic acids is 1. The van der Waals surface area contributed by atoms with E-state index in [0.29, 0.717) is 0 Å². The predicted molar refractivity (Wildman–Crippen MR) is 56.6 cm³/mol. The topological polar surface area (TPSA) is 103 Å². The Morgan fingerprint density at radius 2 is 2.41 bits per heavy atom. The van der Waals surface area contributed by atoms with Gasteiger partial charge >= 0.3 is 11.7 Å². The number of pyridine rings is 1. The predicted octanol–water partition coefficient (Wildman–Crippen LogP) is 0.825. The lowest BCUT2D eigenvalue weighted by Crippen LogP contribution is -1.97. The number of nitrogens with zero attached hydrogens (tertiary/aromatic N) is 2. The first-order valence-electron chi connectivity index (χ1n) is 4.43. The molecule has 1 N–H and O–H groups in total. The second-order valence-electron chi connectivity index (χ2n) is 2.88. The molecule has 0 unspecified atom stereocenters. The first kappa shape index (κ1) is 12.4. The third-order valence-corrected chi connectivity index (χ3v) is 1.69. The molecule has 0 radical (unpaired) electrons. The average Bonchev–Trinajstić information content (AvgIpc) is 2.28. The van der Waals surface area contributed by atoms with E-state index in [0.717, 1.165) is 0 Å². The third kappa shape index (κ3) is 3.46. The van der Waals surface area contributed by atoms with Gasteiger partial charge in [-0.15, -0.1) is 0 Å². The SMILES string of the molecule is COc1ncc(C#CCC(=O)O)cc1[N+](=O)[O-]. The summed E-state index contributed by atoms with van der Waals surface area (Å²) < 4.78 is 4.71. The number of hydrogen-bond donors (Lipinski definition) is 1. The number of carbonyl (C=O) groups is 1. The first-order valence-corrected chi connectivity index (χ1v) is 4.43. The largest absolute Gasteiger partial charge is 0.481 e. The van der Waals surface area contributed by atoms with Gasteiger partial charge < -0.3 is 9.84 Å². The van der Waals surface area contributed by atoms with Crippen LogP contribution in [-0.2, 0) is 4.79 Å². The second-order valence-corrected chi connectivity index (χ2v) is 2.88. The Labute approximate surface area is 96.2 Å². The van der Waals surface area contributed by atoms with Gasteiger partial charge in [0.25, 0.3) is 5.88 Å². The van der Waals surface area contributed by atoms with Crippen LogP contribution in [0.2, 0.25) is 0 Å². The molecule has 0 spiro atoms. The molecule has 0 aromatic carbocycles. The minimum absolute atomic E-state index is 0.112. The molecular formula is C10H8N2O5. The van der Waals surface area contributed by atoms with Crippen LogP contribution < -0.4 is 4.74 Å². The molecule has 1 rings (SSSR count). The lowest BCUT2D eigenvalue weighted by Gasteiger charge is -1.99. The number of methoxy groups -OCH3 is 1. The van der Waals surface area contributed by atoms with Crippen LogP contribution in [0.15, 0.2) is 12.3 Å². The number of ether oxygens (including phenoxy) is 1. The molecule has 0 fully saturated rings. The zero-order valence-electron chi connectivity index (χ0n) is 8.84. The third-order valence-electron chi connectivity index (χ3n) is 1.69. The van der Waals surface area contributed by atoms with Crippen molar-refractivity contribution in [3.05, 3.63) is 27.9 Å². The van der Waals surface area contributed by atoms with E-state index in [2.05, 4.69) is 16.8 Å². The fraction of sp³-hybridized carbons (Fsp3) is 0.200. The molecule has 1 aromatic rings. The van der Waals surface area contributed by atoms with Crippen LogP contribution in [0.3, 0.4) is 0 Å². The summed E-state index contributed by atoms with van der Waals surface area (Å²) in [5.41, 5.74) is -0.0478. The van der Waals surface area contributed by atoms with E-state index in [1.165, 1.54) is 19.4 Å². The van der Waals surface area contributed by atoms with Crippen LogP contribution in [0.1, 0.15) is 12.0 Å². The molecular weight excluding hydrogens is 228 g/mol. The molecule has 88 valence electrons. The van der Waals surface area contributed by atoms with Crippen molar-refractivity contribution in [3.8, 4) is 17.7 Å². The van der Waals surface area contributed by atoms with Gasteiger partial charge in [0, 0.05) is 17.8 Å². The zero-order valence-corrected chi connectivity index (χ0v) is 8.84. The average molecular weight is 236 g/mol. The smallest absolute Gasteiger partial charge is 0.332 e. The van der Waals surface area contributed by atoms with Crippen molar-refractivity contribution in [3.63, 3.8) is 0 Å². The summed E-state index contributed by atoms with van der Waals surface area (Å²) in [6, 6.07) is 1.18. The van der Waals surface area contributed by atoms with E-state index in [1.807, 2.05) is 0 Å². The quantitative estimate of drug-likeness (QED) is 0.473. The summed E-state index contributed by atoms with van der Waals surface area (Å²) in [5, 5.41) is 19.0. The Morgan fingerprint density at radius 1 is 1.71 bits per heavy atom. The Hall–Kier alpha value is -2.62. The minimum Gasteiger partial charge on any atom is -0.481 e. The highest BCUT2D eigenvalue weighted by Crippen LogP contribution is 2.23. The van der Waals surface area contributed by atoms with Crippen molar-refractivity contribution in [2.24, 2.45) is 0 Å². The zero-order chi connectivity index (χ0) is 12.8. The number of carboxylic acid groups (broad SMARTS) is 1. The summed E-state index contributed by atoms with van der Waals surface area (Å²) in [6.45, 7) is 0. The fourth-order valence-corrected chi connectivity index (χ4v) is 1.02. The molecule has 0 saturated carbocycles. The molecule has 0 atom stereocenters. The number of carboxylic acids is 1. The number of nitro groups is 1. The van der Waals surface area contributed by atoms with E-state index in [-0.39, 0.29) is 23.6 Å². The lowest BCUT2D eigenvalue weighted by molar-refractivity contribution is -0.386. The maximum Gasteiger partial charge on any atom is 0.332 e. The van der Waals surface area contributed by atoms with Gasteiger partial charge in [-0.25, -0.2) is 4.98 Å². The monoisotopic (exact) mass is 236 g/mol. The number of rotatable bonds is 3. The van der Waals surface area contributed by atoms with Gasteiger partial charge in [0.1, 0.15) is 6.42 Å². The molecule has 1 aromatic heterocycles. The van der Waals surface area contributed by atoms with Crippen molar-refractivity contribution in [1.29, 1.82) is 0 Å². The molecule has 0 aliphatic rings. The van der Waals surface area contributed by atoms with E-state index >= 15 is 0 Å². The molecule has 7 nitrogen and oxygen atoms in total. The van der Waals surface area contributed by atoms with E-state index < -0.39 is 10.9 Å². The first-order chi connectivity index (χ1) is 8.04. The van der Waals surface area contributed by atoms with E-state index in [4.69, 9.17) is 9.84 Å². The molecule has 1 heterocycles. The second kappa shape index (κ2) is 5.46. The molecule has 0 saturated heterocycles. The Morgan fingerprint density at radius 3 is 2.94 bits per heavy atom. The van der Waals surface area contributed by atoms with Crippen molar-refractivity contribution in [1.82, 2.24) is 4.98 Å². The van der Waals surface area contributed by atoms with Gasteiger partial charge in [-0.3, -0.25) is 14.9 Å². The Bertz CT molecular complexity index is 515. The van der Waals surface area contributed by atoms with Crippen molar-refractivity contribution < 1.29 is 19.6 Å². The molecule has 0 amide bonds. The number of hydrogen-bond acceptors (Lipinski definition) is 5. The van der Waals surface area contributed by atoms with Crippen LogP contribution in [0.25, 0.3) is 0 Å². The molecule has 0 bridgehead atoms. The lowest BCUT2D eigenvalue weighted by atomic mass is 10.2. The number of aromatic nitrogens is 1. The summed E-state index contributed by atoms with van der Waals surface area (Å²) >= 11 is 0. The fourth-order valence-electron chi connectivity index (χ4n) is 1.02. The molecule has 0 aliphatic carbocycles. The molecule has 7 heteroatoms. The standard InChI is InChI=1S/C10H8N2O5/c1-17-10-8(12(15)16)5-7(6-11-10)3-2-4-9(13)14/h5-6H,4H2,1H3,(H,13,14). The molecule has 0 aliphatic heterocycles. The summed E-state index contributed by atoms with van der Waals surface area (Å²) in [4.78, 5) is 23.9. The van der Waals surface area contributed by atoms with Gasteiger partial charge in [0.15, 0.2) is 0 Å². The van der Waals surface area contributed by atoms with Gasteiger partial charge in [-0.1, -0.05) is 11.8 Å². The van der Waals surface area contributed by atoms with Crippen molar-refractivity contribution >= 4 is 11.7 Å². The summed E-state index contributed by atoms with van der Waals surface area (Å²) in [6.07, 6.45) is 0.945. The summed E-state index contributed by atoms with van der Waals surface area (Å²) in [7, 11) is 1.27. The summed E-state index contributed by atoms with van der Waals surface area (Å²) in [5.74, 6) is 3.65. The maximum atomic E-state index is 10.7. The van der Waals surface area contributed by atoms with Crippen LogP contribution in [0.4, 0.5) is 5.69 Å². The van der Waals surface area contributed by atoms with E-state index in [1.54, 1.807) is 0 Å². The highest BCUT2D eigenvalue weighted by atomic mass is 16.6. The van der Waals surface area contributed by atoms with Crippen LogP contribution in [0, 0.1) is 22.0 Å². The normalized spacial score (nSPS) is 9.00.